The summed E-state index contributed by atoms with van der Waals surface area (Å²) in [7, 11) is -2.33. The zero-order valence-corrected chi connectivity index (χ0v) is 24.2. The molecule has 37 heavy (non-hydrogen) atoms. The standard InChI is InChI=1S/C25H40N2O9Si/c1-16(28)33-20(14-27-22-12-10-11-13-26-22)23(35-18(3)30)24(36-19(4)31)21(34-17(2)29)15-32-37(8,9)25(5,6)7/h10-13,20-21,23-24H,14-15H2,1-9H3,(H,26,27)/t20-,21-,23-,24-/m1/s1. The Bertz CT molecular complexity index is 918. The number of nitrogens with zero attached hydrogens (tertiary/aromatic N) is 1. The van der Waals surface area contributed by atoms with E-state index < -0.39 is 56.6 Å². The number of ether oxygens (including phenoxy) is 4. The average molecular weight is 541 g/mol. The van der Waals surface area contributed by atoms with Crippen molar-refractivity contribution in [1.29, 1.82) is 0 Å². The van der Waals surface area contributed by atoms with Crippen LogP contribution in [0.4, 0.5) is 5.82 Å². The largest absolute Gasteiger partial charge is 0.457 e. The number of nitrogens with one attached hydrogen (secondary N) is 1. The number of carbonyl (C=O) groups is 4. The molecular weight excluding hydrogens is 500 g/mol. The highest BCUT2D eigenvalue weighted by Gasteiger charge is 2.45. The minimum atomic E-state index is -2.33. The predicted molar refractivity (Wildman–Crippen MR) is 138 cm³/mol. The number of aromatic nitrogens is 1. The van der Waals surface area contributed by atoms with Gasteiger partial charge >= 0.3 is 23.9 Å². The lowest BCUT2D eigenvalue weighted by molar-refractivity contribution is -0.199. The van der Waals surface area contributed by atoms with Gasteiger partial charge in [0.1, 0.15) is 5.82 Å². The first-order chi connectivity index (χ1) is 17.0. The number of hydrogen-bond donors (Lipinski definition) is 1. The topological polar surface area (TPSA) is 139 Å². The van der Waals surface area contributed by atoms with Gasteiger partial charge in [-0.3, -0.25) is 19.2 Å². The summed E-state index contributed by atoms with van der Waals surface area (Å²) in [6.07, 6.45) is -3.41. The van der Waals surface area contributed by atoms with Crippen LogP contribution < -0.4 is 5.32 Å². The first kappa shape index (κ1) is 32.0. The Morgan fingerprint density at radius 2 is 1.32 bits per heavy atom. The lowest BCUT2D eigenvalue weighted by atomic mass is 10.0. The minimum absolute atomic E-state index is 0.0534. The summed E-state index contributed by atoms with van der Waals surface area (Å²) >= 11 is 0. The number of rotatable bonds is 13. The first-order valence-electron chi connectivity index (χ1n) is 12.0. The highest BCUT2D eigenvalue weighted by Crippen LogP contribution is 2.37. The van der Waals surface area contributed by atoms with Gasteiger partial charge in [0.15, 0.2) is 32.7 Å². The molecule has 1 aromatic rings. The van der Waals surface area contributed by atoms with Gasteiger partial charge < -0.3 is 28.7 Å². The normalized spacial score (nSPS) is 14.9. The molecule has 4 atom stereocenters. The monoisotopic (exact) mass is 540 g/mol. The molecule has 12 heteroatoms. The highest BCUT2D eigenvalue weighted by molar-refractivity contribution is 6.74. The van der Waals surface area contributed by atoms with E-state index in [0.29, 0.717) is 5.82 Å². The molecule has 208 valence electrons. The maximum absolute atomic E-state index is 12.2. The van der Waals surface area contributed by atoms with Crippen molar-refractivity contribution < 1.29 is 42.6 Å². The van der Waals surface area contributed by atoms with Crippen LogP contribution in [0, 0.1) is 0 Å². The van der Waals surface area contributed by atoms with Crippen LogP contribution in [0.5, 0.6) is 0 Å². The van der Waals surface area contributed by atoms with Crippen molar-refractivity contribution in [1.82, 2.24) is 4.98 Å². The molecule has 11 nitrogen and oxygen atoms in total. The van der Waals surface area contributed by atoms with Crippen molar-refractivity contribution in [2.75, 3.05) is 18.5 Å². The Morgan fingerprint density at radius 1 is 0.838 bits per heavy atom. The molecule has 0 radical (unpaired) electrons. The number of pyridine rings is 1. The summed E-state index contributed by atoms with van der Waals surface area (Å²) in [5.74, 6) is -2.27. The molecule has 0 aliphatic heterocycles. The summed E-state index contributed by atoms with van der Waals surface area (Å²) in [5.41, 5.74) is 0. The number of hydrogen-bond acceptors (Lipinski definition) is 11. The minimum Gasteiger partial charge on any atom is -0.457 e. The molecule has 1 aromatic heterocycles. The fraction of sp³-hybridized carbons (Fsp3) is 0.640. The van der Waals surface area contributed by atoms with Crippen LogP contribution in [-0.4, -0.2) is 74.7 Å². The van der Waals surface area contributed by atoms with E-state index in [2.05, 4.69) is 10.3 Å². The van der Waals surface area contributed by atoms with Gasteiger partial charge in [-0.1, -0.05) is 26.8 Å². The maximum Gasteiger partial charge on any atom is 0.303 e. The Morgan fingerprint density at radius 3 is 1.76 bits per heavy atom. The second kappa shape index (κ2) is 14.1. The molecule has 0 aliphatic carbocycles. The van der Waals surface area contributed by atoms with E-state index in [1.807, 2.05) is 33.9 Å². The van der Waals surface area contributed by atoms with Gasteiger partial charge in [-0.15, -0.1) is 0 Å². The molecule has 0 bridgehead atoms. The molecule has 1 rings (SSSR count). The van der Waals surface area contributed by atoms with Crippen molar-refractivity contribution in [2.45, 2.75) is 91.0 Å². The van der Waals surface area contributed by atoms with Crippen LogP contribution in [0.3, 0.4) is 0 Å². The van der Waals surface area contributed by atoms with E-state index in [0.717, 1.165) is 0 Å². The zero-order valence-electron chi connectivity index (χ0n) is 23.2. The average Bonchev–Trinajstić information content (AvgIpc) is 2.75. The van der Waals surface area contributed by atoms with Crippen molar-refractivity contribution in [2.24, 2.45) is 0 Å². The number of carbonyl (C=O) groups excluding carboxylic acids is 4. The maximum atomic E-state index is 12.2. The van der Waals surface area contributed by atoms with Crippen molar-refractivity contribution in [3.8, 4) is 0 Å². The van der Waals surface area contributed by atoms with Crippen LogP contribution in [0.1, 0.15) is 48.5 Å². The molecule has 1 N–H and O–H groups in total. The Balaban J connectivity index is 3.46. The van der Waals surface area contributed by atoms with E-state index in [1.165, 1.54) is 27.7 Å². The molecule has 0 spiro atoms. The number of esters is 4. The van der Waals surface area contributed by atoms with Gasteiger partial charge in [0.05, 0.1) is 13.2 Å². The van der Waals surface area contributed by atoms with Gasteiger partial charge in [-0.25, -0.2) is 4.98 Å². The second-order valence-corrected chi connectivity index (χ2v) is 14.9. The molecule has 0 unspecified atom stereocenters. The van der Waals surface area contributed by atoms with E-state index in [4.69, 9.17) is 23.4 Å². The smallest absolute Gasteiger partial charge is 0.303 e. The quantitative estimate of drug-likeness (QED) is 0.224. The fourth-order valence-corrected chi connectivity index (χ4v) is 4.13. The van der Waals surface area contributed by atoms with E-state index in [1.54, 1.807) is 24.4 Å². The fourth-order valence-electron chi connectivity index (χ4n) is 3.12. The van der Waals surface area contributed by atoms with Gasteiger partial charge in [-0.2, -0.15) is 0 Å². The SMILES string of the molecule is CC(=O)O[C@@H]([C@H](OC(C)=O)[C@@H](CO[Si](C)(C)C(C)(C)C)OC(C)=O)[C@@H](CNc1ccccn1)OC(C)=O. The first-order valence-corrected chi connectivity index (χ1v) is 14.9. The van der Waals surface area contributed by atoms with Gasteiger partial charge in [-0.05, 0) is 30.3 Å². The zero-order chi connectivity index (χ0) is 28.4. The number of anilines is 1. The molecule has 1 heterocycles. The third kappa shape index (κ3) is 11.3. The molecule has 0 fully saturated rings. The van der Waals surface area contributed by atoms with Gasteiger partial charge in [0.2, 0.25) is 0 Å². The van der Waals surface area contributed by atoms with E-state index in [9.17, 15) is 19.2 Å². The van der Waals surface area contributed by atoms with Crippen molar-refractivity contribution >= 4 is 38.0 Å². The lowest BCUT2D eigenvalue weighted by Crippen LogP contribution is -2.55. The van der Waals surface area contributed by atoms with E-state index >= 15 is 0 Å². The summed E-state index contributed by atoms with van der Waals surface area (Å²) in [6, 6.07) is 5.19. The van der Waals surface area contributed by atoms with Crippen LogP contribution in [-0.2, 0) is 42.6 Å². The van der Waals surface area contributed by atoms with Crippen LogP contribution in [0.2, 0.25) is 18.1 Å². The summed E-state index contributed by atoms with van der Waals surface area (Å²) in [4.78, 5) is 52.5. The molecule has 0 amide bonds. The second-order valence-electron chi connectivity index (χ2n) is 10.1. The molecule has 0 aliphatic rings. The third-order valence-corrected chi connectivity index (χ3v) is 10.4. The van der Waals surface area contributed by atoms with Crippen molar-refractivity contribution in [3.63, 3.8) is 0 Å². The summed E-state index contributed by atoms with van der Waals surface area (Å²) < 4.78 is 28.3. The summed E-state index contributed by atoms with van der Waals surface area (Å²) in [5, 5.41) is 2.86. The molecule has 0 aromatic carbocycles. The van der Waals surface area contributed by atoms with Gasteiger partial charge in [0.25, 0.3) is 0 Å². The highest BCUT2D eigenvalue weighted by atomic mass is 28.4. The molecule has 0 saturated carbocycles. The van der Waals surface area contributed by atoms with Crippen molar-refractivity contribution in [3.05, 3.63) is 24.4 Å². The summed E-state index contributed by atoms with van der Waals surface area (Å²) in [6.45, 7) is 14.7. The van der Waals surface area contributed by atoms with Crippen LogP contribution in [0.25, 0.3) is 0 Å². The van der Waals surface area contributed by atoms with Gasteiger partial charge in [0, 0.05) is 33.9 Å². The predicted octanol–water partition coefficient (Wildman–Crippen LogP) is 3.24. The lowest BCUT2D eigenvalue weighted by Gasteiger charge is -2.39. The van der Waals surface area contributed by atoms with Crippen LogP contribution >= 0.6 is 0 Å². The van der Waals surface area contributed by atoms with Crippen LogP contribution in [0.15, 0.2) is 24.4 Å². The molecule has 0 saturated heterocycles. The molecular formula is C25H40N2O9Si. The Kier molecular flexibility index (Phi) is 12.2. The van der Waals surface area contributed by atoms with E-state index in [-0.39, 0.29) is 18.2 Å². The Labute approximate surface area is 219 Å². The Hall–Kier alpha value is -2.99. The third-order valence-electron chi connectivity index (χ3n) is 5.86.